The Labute approximate surface area is 124 Å². The number of nitrogens with zero attached hydrogens (tertiary/aromatic N) is 4. The maximum Gasteiger partial charge on any atom is 0.266 e. The number of thioether (sulfide) groups is 2. The highest BCUT2D eigenvalue weighted by atomic mass is 32.2. The van der Waals surface area contributed by atoms with Gasteiger partial charge in [-0.2, -0.15) is 5.26 Å². The zero-order valence-electron chi connectivity index (χ0n) is 10.4. The number of ether oxygens (including phenoxy) is 1. The highest BCUT2D eigenvalue weighted by molar-refractivity contribution is 8.24. The molecule has 1 amide bonds. The quantitative estimate of drug-likeness (QED) is 0.571. The van der Waals surface area contributed by atoms with Crippen LogP contribution in [0.15, 0.2) is 32.3 Å². The van der Waals surface area contributed by atoms with Gasteiger partial charge in [-0.1, -0.05) is 23.5 Å². The van der Waals surface area contributed by atoms with Crippen LogP contribution in [-0.4, -0.2) is 47.1 Å². The van der Waals surface area contributed by atoms with E-state index in [-0.39, 0.29) is 11.5 Å². The molecule has 3 heterocycles. The normalized spacial score (nSPS) is 17.6. The Hall–Kier alpha value is -1.56. The van der Waals surface area contributed by atoms with Crippen LogP contribution in [0.25, 0.3) is 0 Å². The molecule has 20 heavy (non-hydrogen) atoms. The van der Waals surface area contributed by atoms with Crippen LogP contribution in [0.3, 0.4) is 0 Å². The van der Waals surface area contributed by atoms with Crippen LogP contribution < -0.4 is 0 Å². The third-order valence-electron chi connectivity index (χ3n) is 2.84. The van der Waals surface area contributed by atoms with Gasteiger partial charge in [0.2, 0.25) is 0 Å². The second-order valence-electron chi connectivity index (χ2n) is 4.05. The van der Waals surface area contributed by atoms with E-state index in [1.165, 1.54) is 23.5 Å². The summed E-state index contributed by atoms with van der Waals surface area (Å²) in [6.07, 6.45) is 3.20. The van der Waals surface area contributed by atoms with Crippen molar-refractivity contribution in [2.75, 3.05) is 26.3 Å². The molecule has 0 atom stereocenters. The lowest BCUT2D eigenvalue weighted by Crippen LogP contribution is -2.41. The summed E-state index contributed by atoms with van der Waals surface area (Å²) >= 11 is 2.66. The van der Waals surface area contributed by atoms with Crippen molar-refractivity contribution in [1.29, 1.82) is 5.26 Å². The van der Waals surface area contributed by atoms with Gasteiger partial charge in [0.1, 0.15) is 21.7 Å². The second-order valence-corrected chi connectivity index (χ2v) is 6.31. The van der Waals surface area contributed by atoms with Gasteiger partial charge < -0.3 is 9.64 Å². The van der Waals surface area contributed by atoms with Crippen molar-refractivity contribution >= 4 is 29.4 Å². The number of morpholine rings is 1. The fourth-order valence-electron chi connectivity index (χ4n) is 1.86. The lowest BCUT2D eigenvalue weighted by molar-refractivity contribution is -0.130. The van der Waals surface area contributed by atoms with Crippen molar-refractivity contribution in [3.05, 3.63) is 22.2 Å². The number of nitriles is 1. The number of carbonyl (C=O) groups is 1. The van der Waals surface area contributed by atoms with E-state index < -0.39 is 0 Å². The topological polar surface area (TPSA) is 79.1 Å². The maximum atomic E-state index is 12.4. The number of hydrogen-bond donors (Lipinski definition) is 0. The summed E-state index contributed by atoms with van der Waals surface area (Å²) in [6, 6.07) is 2.03. The Morgan fingerprint density at radius 3 is 2.40 bits per heavy atom. The molecule has 2 aliphatic rings. The van der Waals surface area contributed by atoms with Crippen LogP contribution >= 0.6 is 23.5 Å². The maximum absolute atomic E-state index is 12.4. The number of carbonyl (C=O) groups excluding carboxylic acids is 1. The summed E-state index contributed by atoms with van der Waals surface area (Å²) in [7, 11) is 0. The van der Waals surface area contributed by atoms with Crippen molar-refractivity contribution in [2.45, 2.75) is 10.1 Å². The first kappa shape index (κ1) is 13.4. The minimum absolute atomic E-state index is 0.168. The molecular weight excluding hydrogens is 296 g/mol. The molecule has 8 heteroatoms. The van der Waals surface area contributed by atoms with Crippen molar-refractivity contribution in [2.24, 2.45) is 0 Å². The summed E-state index contributed by atoms with van der Waals surface area (Å²) < 4.78 is 5.87. The summed E-state index contributed by atoms with van der Waals surface area (Å²) in [5.41, 5.74) is 0.168. The highest BCUT2D eigenvalue weighted by Crippen LogP contribution is 2.50. The molecule has 0 radical (unpaired) electrons. The van der Waals surface area contributed by atoms with Crippen LogP contribution in [0.1, 0.15) is 0 Å². The van der Waals surface area contributed by atoms with E-state index in [0.29, 0.717) is 30.5 Å². The number of hydrogen-bond acceptors (Lipinski definition) is 7. The first-order valence-electron chi connectivity index (χ1n) is 5.97. The van der Waals surface area contributed by atoms with Crippen molar-refractivity contribution in [3.8, 4) is 6.07 Å². The Morgan fingerprint density at radius 2 is 1.85 bits per heavy atom. The first-order valence-corrected chi connectivity index (χ1v) is 7.61. The summed E-state index contributed by atoms with van der Waals surface area (Å²) in [5, 5.41) is 10.8. The van der Waals surface area contributed by atoms with E-state index >= 15 is 0 Å². The zero-order chi connectivity index (χ0) is 13.9. The summed E-state index contributed by atoms with van der Waals surface area (Å²) in [6.45, 7) is 2.08. The largest absolute Gasteiger partial charge is 0.378 e. The average molecular weight is 306 g/mol. The molecule has 1 aromatic heterocycles. The molecule has 0 spiro atoms. The van der Waals surface area contributed by atoms with E-state index in [0.717, 1.165) is 10.1 Å². The standard InChI is InChI=1S/C12H10N4O2S2/c13-7-8(11(17)16-3-5-18-6-4-16)12-19-9-10(20-12)15-2-1-14-9/h1-2H,3-6H2. The van der Waals surface area contributed by atoms with Crippen LogP contribution in [0, 0.1) is 11.3 Å². The SMILES string of the molecule is N#CC(C(=O)N1CCOCC1)=C1Sc2nccnc2S1. The monoisotopic (exact) mass is 306 g/mol. The molecule has 1 saturated heterocycles. The number of aromatic nitrogens is 2. The van der Waals surface area contributed by atoms with Crippen molar-refractivity contribution in [1.82, 2.24) is 14.9 Å². The molecule has 0 bridgehead atoms. The fourth-order valence-corrected chi connectivity index (χ4v) is 4.08. The molecule has 1 fully saturated rings. The zero-order valence-corrected chi connectivity index (χ0v) is 12.0. The summed E-state index contributed by atoms with van der Waals surface area (Å²) in [4.78, 5) is 22.4. The van der Waals surface area contributed by atoms with E-state index in [1.54, 1.807) is 17.3 Å². The number of fused-ring (bicyclic) bond motifs is 1. The minimum Gasteiger partial charge on any atom is -0.378 e. The van der Waals surface area contributed by atoms with Crippen LogP contribution in [0.2, 0.25) is 0 Å². The molecule has 0 aliphatic carbocycles. The molecule has 102 valence electrons. The molecule has 0 saturated carbocycles. The van der Waals surface area contributed by atoms with Gasteiger partial charge >= 0.3 is 0 Å². The smallest absolute Gasteiger partial charge is 0.266 e. The van der Waals surface area contributed by atoms with E-state index in [4.69, 9.17) is 4.74 Å². The Balaban J connectivity index is 1.86. The predicted molar refractivity (Wildman–Crippen MR) is 73.8 cm³/mol. The molecule has 1 aromatic rings. The van der Waals surface area contributed by atoms with Gasteiger partial charge in [0.15, 0.2) is 0 Å². The Bertz CT molecular complexity index is 593. The van der Waals surface area contributed by atoms with Gasteiger partial charge in [-0.25, -0.2) is 9.97 Å². The van der Waals surface area contributed by atoms with Gasteiger partial charge in [-0.05, 0) is 0 Å². The van der Waals surface area contributed by atoms with Gasteiger partial charge in [-0.3, -0.25) is 4.79 Å². The van der Waals surface area contributed by atoms with E-state index in [1.807, 2.05) is 6.07 Å². The lowest BCUT2D eigenvalue weighted by Gasteiger charge is -2.26. The molecule has 0 unspecified atom stereocenters. The van der Waals surface area contributed by atoms with Crippen molar-refractivity contribution < 1.29 is 9.53 Å². The van der Waals surface area contributed by atoms with E-state index in [9.17, 15) is 10.1 Å². The molecule has 0 N–H and O–H groups in total. The molecular formula is C12H10N4O2S2. The lowest BCUT2D eigenvalue weighted by atomic mass is 10.2. The first-order chi connectivity index (χ1) is 9.79. The van der Waals surface area contributed by atoms with Gasteiger partial charge in [-0.15, -0.1) is 0 Å². The van der Waals surface area contributed by atoms with Crippen LogP contribution in [-0.2, 0) is 9.53 Å². The Morgan fingerprint density at radius 1 is 1.25 bits per heavy atom. The second kappa shape index (κ2) is 5.83. The van der Waals surface area contributed by atoms with Crippen LogP contribution in [0.5, 0.6) is 0 Å². The molecule has 3 rings (SSSR count). The molecule has 0 aromatic carbocycles. The van der Waals surface area contributed by atoms with Crippen molar-refractivity contribution in [3.63, 3.8) is 0 Å². The van der Waals surface area contributed by atoms with E-state index in [2.05, 4.69) is 9.97 Å². The third-order valence-corrected chi connectivity index (χ3v) is 5.23. The average Bonchev–Trinajstić information content (AvgIpc) is 2.92. The van der Waals surface area contributed by atoms with Crippen LogP contribution in [0.4, 0.5) is 0 Å². The number of rotatable bonds is 1. The number of amides is 1. The summed E-state index contributed by atoms with van der Waals surface area (Å²) in [5.74, 6) is -0.237. The molecule has 2 aliphatic heterocycles. The predicted octanol–water partition coefficient (Wildman–Crippen LogP) is 1.27. The van der Waals surface area contributed by atoms with Gasteiger partial charge in [0, 0.05) is 25.5 Å². The minimum atomic E-state index is -0.237. The van der Waals surface area contributed by atoms with Gasteiger partial charge in [0.25, 0.3) is 5.91 Å². The highest BCUT2D eigenvalue weighted by Gasteiger charge is 2.29. The van der Waals surface area contributed by atoms with Gasteiger partial charge in [0.05, 0.1) is 17.5 Å². The Kier molecular flexibility index (Phi) is 3.91. The fraction of sp³-hybridized carbons (Fsp3) is 0.333. The third kappa shape index (κ3) is 2.52. The molecule has 6 nitrogen and oxygen atoms in total.